The standard InChI is InChI=1S/C20H23N7O/c1-2-28-15-6-4-14(5-7-15)25-20-22-10-17-16(9-21-19(17)26-20)13-3-8-18-23-12-24-27(18)11-13/h3,8-12,14-15H,2,4-7H2,1H3,(H2,21,22,25,26)/t14-,15+. The van der Waals surface area contributed by atoms with Crippen LogP contribution in [0.15, 0.2) is 37.1 Å². The Bertz CT molecular complexity index is 1090. The number of hydrogen-bond donors (Lipinski definition) is 2. The van der Waals surface area contributed by atoms with Gasteiger partial charge in [0.15, 0.2) is 5.65 Å². The van der Waals surface area contributed by atoms with E-state index in [4.69, 9.17) is 4.74 Å². The van der Waals surface area contributed by atoms with Crippen LogP contribution in [0.25, 0.3) is 27.8 Å². The van der Waals surface area contributed by atoms with Crippen LogP contribution in [-0.2, 0) is 4.74 Å². The minimum Gasteiger partial charge on any atom is -0.379 e. The van der Waals surface area contributed by atoms with Crippen LogP contribution in [0.5, 0.6) is 0 Å². The molecule has 0 saturated heterocycles. The van der Waals surface area contributed by atoms with E-state index in [1.54, 1.807) is 10.8 Å². The van der Waals surface area contributed by atoms with E-state index >= 15 is 0 Å². The normalized spacial score (nSPS) is 20.0. The Hall–Kier alpha value is -3.00. The molecule has 8 nitrogen and oxygen atoms in total. The minimum absolute atomic E-state index is 0.401. The Labute approximate surface area is 162 Å². The first kappa shape index (κ1) is 17.1. The van der Waals surface area contributed by atoms with Crippen molar-refractivity contribution in [2.45, 2.75) is 44.8 Å². The topological polar surface area (TPSA) is 93.0 Å². The van der Waals surface area contributed by atoms with Gasteiger partial charge in [-0.05, 0) is 44.7 Å². The number of rotatable bonds is 5. The lowest BCUT2D eigenvalue weighted by Gasteiger charge is -2.28. The van der Waals surface area contributed by atoms with Crippen LogP contribution in [0.2, 0.25) is 0 Å². The van der Waals surface area contributed by atoms with Crippen LogP contribution in [0.3, 0.4) is 0 Å². The van der Waals surface area contributed by atoms with Gasteiger partial charge >= 0.3 is 0 Å². The van der Waals surface area contributed by atoms with Crippen LogP contribution in [0, 0.1) is 0 Å². The van der Waals surface area contributed by atoms with Gasteiger partial charge in [0.05, 0.1) is 6.10 Å². The first-order valence-electron chi connectivity index (χ1n) is 9.82. The highest BCUT2D eigenvalue weighted by Gasteiger charge is 2.22. The van der Waals surface area contributed by atoms with E-state index in [2.05, 4.69) is 37.3 Å². The Balaban J connectivity index is 1.35. The van der Waals surface area contributed by atoms with Crippen molar-refractivity contribution in [2.24, 2.45) is 0 Å². The molecule has 28 heavy (non-hydrogen) atoms. The molecule has 4 aromatic heterocycles. The monoisotopic (exact) mass is 377 g/mol. The Morgan fingerprint density at radius 3 is 2.96 bits per heavy atom. The minimum atomic E-state index is 0.401. The van der Waals surface area contributed by atoms with Crippen molar-refractivity contribution in [2.75, 3.05) is 11.9 Å². The van der Waals surface area contributed by atoms with Crippen molar-refractivity contribution in [3.63, 3.8) is 0 Å². The smallest absolute Gasteiger partial charge is 0.224 e. The molecule has 1 aliphatic rings. The molecule has 8 heteroatoms. The van der Waals surface area contributed by atoms with Crippen molar-refractivity contribution in [3.8, 4) is 11.1 Å². The molecule has 144 valence electrons. The molecule has 0 radical (unpaired) electrons. The van der Waals surface area contributed by atoms with E-state index in [0.29, 0.717) is 18.1 Å². The van der Waals surface area contributed by atoms with Gasteiger partial charge in [-0.15, -0.1) is 0 Å². The van der Waals surface area contributed by atoms with E-state index in [1.165, 1.54) is 0 Å². The Kier molecular flexibility index (Phi) is 4.40. The number of aromatic nitrogens is 6. The van der Waals surface area contributed by atoms with E-state index < -0.39 is 0 Å². The number of hydrogen-bond acceptors (Lipinski definition) is 6. The molecule has 0 unspecified atom stereocenters. The summed E-state index contributed by atoms with van der Waals surface area (Å²) in [4.78, 5) is 16.7. The fraction of sp³-hybridized carbons (Fsp3) is 0.400. The zero-order valence-corrected chi connectivity index (χ0v) is 15.8. The third-order valence-electron chi connectivity index (χ3n) is 5.43. The average molecular weight is 377 g/mol. The molecule has 0 spiro atoms. The summed E-state index contributed by atoms with van der Waals surface area (Å²) in [6, 6.07) is 4.39. The second-order valence-electron chi connectivity index (χ2n) is 7.21. The first-order valence-corrected chi connectivity index (χ1v) is 9.82. The highest BCUT2D eigenvalue weighted by molar-refractivity contribution is 5.93. The molecule has 0 aliphatic heterocycles. The SMILES string of the molecule is CCO[C@H]1CC[C@@H](Nc2ncc3c(-c4ccc5ncnn5c4)c[nH]c3n2)CC1. The molecule has 1 saturated carbocycles. The summed E-state index contributed by atoms with van der Waals surface area (Å²) in [7, 11) is 0. The van der Waals surface area contributed by atoms with Gasteiger partial charge in [0, 0.05) is 47.8 Å². The van der Waals surface area contributed by atoms with Gasteiger partial charge < -0.3 is 15.0 Å². The van der Waals surface area contributed by atoms with E-state index in [0.717, 1.165) is 60.1 Å². The summed E-state index contributed by atoms with van der Waals surface area (Å²) in [6.45, 7) is 2.85. The van der Waals surface area contributed by atoms with Gasteiger partial charge in [0.2, 0.25) is 5.95 Å². The second-order valence-corrected chi connectivity index (χ2v) is 7.21. The van der Waals surface area contributed by atoms with E-state index in [9.17, 15) is 0 Å². The van der Waals surface area contributed by atoms with Gasteiger partial charge in [0.25, 0.3) is 0 Å². The molecule has 1 fully saturated rings. The zero-order chi connectivity index (χ0) is 18.9. The first-order chi connectivity index (χ1) is 13.8. The fourth-order valence-electron chi connectivity index (χ4n) is 3.98. The van der Waals surface area contributed by atoms with Crippen LogP contribution >= 0.6 is 0 Å². The fourth-order valence-corrected chi connectivity index (χ4v) is 3.98. The van der Waals surface area contributed by atoms with Crippen molar-refractivity contribution in [1.82, 2.24) is 29.5 Å². The van der Waals surface area contributed by atoms with E-state index in [1.807, 2.05) is 30.7 Å². The highest BCUT2D eigenvalue weighted by atomic mass is 16.5. The van der Waals surface area contributed by atoms with Crippen molar-refractivity contribution in [3.05, 3.63) is 37.1 Å². The summed E-state index contributed by atoms with van der Waals surface area (Å²) in [5.41, 5.74) is 3.75. The molecule has 5 rings (SSSR count). The molecular weight excluding hydrogens is 354 g/mol. The van der Waals surface area contributed by atoms with E-state index in [-0.39, 0.29) is 0 Å². The third-order valence-corrected chi connectivity index (χ3v) is 5.43. The lowest BCUT2D eigenvalue weighted by molar-refractivity contribution is 0.0346. The number of fused-ring (bicyclic) bond motifs is 2. The maximum absolute atomic E-state index is 5.73. The summed E-state index contributed by atoms with van der Waals surface area (Å²) in [6.07, 6.45) is 12.1. The molecular formula is C20H23N7O. The number of ether oxygens (including phenoxy) is 1. The number of H-pyrrole nitrogens is 1. The number of anilines is 1. The highest BCUT2D eigenvalue weighted by Crippen LogP contribution is 2.28. The van der Waals surface area contributed by atoms with Gasteiger partial charge in [-0.1, -0.05) is 0 Å². The maximum Gasteiger partial charge on any atom is 0.224 e. The molecule has 0 atom stereocenters. The van der Waals surface area contributed by atoms with Crippen LogP contribution in [0.1, 0.15) is 32.6 Å². The van der Waals surface area contributed by atoms with Crippen molar-refractivity contribution >= 4 is 22.6 Å². The number of pyridine rings is 1. The molecule has 0 amide bonds. The summed E-state index contributed by atoms with van der Waals surface area (Å²) in [5.74, 6) is 0.674. The maximum atomic E-state index is 5.73. The summed E-state index contributed by atoms with van der Waals surface area (Å²) >= 11 is 0. The Morgan fingerprint density at radius 2 is 2.11 bits per heavy atom. The van der Waals surface area contributed by atoms with Crippen molar-refractivity contribution in [1.29, 1.82) is 0 Å². The molecule has 2 N–H and O–H groups in total. The molecule has 0 aromatic carbocycles. The zero-order valence-electron chi connectivity index (χ0n) is 15.8. The van der Waals surface area contributed by atoms with Gasteiger partial charge in [-0.2, -0.15) is 10.1 Å². The summed E-state index contributed by atoms with van der Waals surface area (Å²) in [5, 5.41) is 8.69. The van der Waals surface area contributed by atoms with Crippen LogP contribution in [-0.4, -0.2) is 48.3 Å². The second kappa shape index (κ2) is 7.20. The number of aromatic amines is 1. The lowest BCUT2D eigenvalue weighted by Crippen LogP contribution is -2.30. The lowest BCUT2D eigenvalue weighted by atomic mass is 9.93. The van der Waals surface area contributed by atoms with Crippen molar-refractivity contribution < 1.29 is 4.74 Å². The Morgan fingerprint density at radius 1 is 1.21 bits per heavy atom. The molecule has 0 bridgehead atoms. The largest absolute Gasteiger partial charge is 0.379 e. The van der Waals surface area contributed by atoms with Gasteiger partial charge in [-0.3, -0.25) is 0 Å². The summed E-state index contributed by atoms with van der Waals surface area (Å²) < 4.78 is 7.50. The van der Waals surface area contributed by atoms with Crippen LogP contribution in [0.4, 0.5) is 5.95 Å². The molecule has 4 heterocycles. The van der Waals surface area contributed by atoms with Gasteiger partial charge in [0.1, 0.15) is 12.0 Å². The molecule has 1 aliphatic carbocycles. The van der Waals surface area contributed by atoms with Gasteiger partial charge in [-0.25, -0.2) is 14.5 Å². The molecule has 4 aromatic rings. The number of nitrogens with zero attached hydrogens (tertiary/aromatic N) is 5. The van der Waals surface area contributed by atoms with Crippen LogP contribution < -0.4 is 5.32 Å². The average Bonchev–Trinajstić information content (AvgIpc) is 3.35. The predicted octanol–water partition coefficient (Wildman–Crippen LogP) is 3.43. The number of nitrogens with one attached hydrogen (secondary N) is 2. The third kappa shape index (κ3) is 3.20. The predicted molar refractivity (Wildman–Crippen MR) is 107 cm³/mol. The quantitative estimate of drug-likeness (QED) is 0.553.